The number of hydrogen-bond acceptors (Lipinski definition) is 3. The summed E-state index contributed by atoms with van der Waals surface area (Å²) in [7, 11) is 0. The molecule has 1 amide bonds. The highest BCUT2D eigenvalue weighted by Crippen LogP contribution is 1.85. The Morgan fingerprint density at radius 1 is 1.75 bits per heavy atom. The molecule has 4 nitrogen and oxygen atoms in total. The van der Waals surface area contributed by atoms with Crippen molar-refractivity contribution in [2.75, 3.05) is 13.2 Å². The number of rotatable bonds is 5. The van der Waals surface area contributed by atoms with E-state index in [0.29, 0.717) is 19.6 Å². The summed E-state index contributed by atoms with van der Waals surface area (Å²) in [5.74, 6) is -0.141. The first-order chi connectivity index (χ1) is 5.70. The molecule has 0 aromatic heterocycles. The summed E-state index contributed by atoms with van der Waals surface area (Å²) < 4.78 is 4.98. The molecule has 0 aliphatic carbocycles. The summed E-state index contributed by atoms with van der Waals surface area (Å²) >= 11 is 0. The number of carbonyl (C=O) groups excluding carboxylic acids is 1. The third-order valence-electron chi connectivity index (χ3n) is 1.25. The van der Waals surface area contributed by atoms with Gasteiger partial charge in [0, 0.05) is 13.0 Å². The molecule has 0 aliphatic rings. The van der Waals surface area contributed by atoms with E-state index in [4.69, 9.17) is 10.00 Å². The van der Waals surface area contributed by atoms with Gasteiger partial charge < -0.3 is 10.1 Å². The average molecular weight is 170 g/mol. The molecule has 0 radical (unpaired) electrons. The Kier molecular flexibility index (Phi) is 6.02. The van der Waals surface area contributed by atoms with Crippen LogP contribution >= 0.6 is 0 Å². The molecule has 1 N–H and O–H groups in total. The van der Waals surface area contributed by atoms with Crippen LogP contribution in [-0.4, -0.2) is 25.2 Å². The van der Waals surface area contributed by atoms with Gasteiger partial charge in [-0.3, -0.25) is 4.79 Å². The van der Waals surface area contributed by atoms with Gasteiger partial charge in [0.2, 0.25) is 5.91 Å². The fourth-order valence-electron chi connectivity index (χ4n) is 0.655. The third kappa shape index (κ3) is 5.69. The van der Waals surface area contributed by atoms with E-state index in [-0.39, 0.29) is 5.91 Å². The van der Waals surface area contributed by atoms with E-state index < -0.39 is 6.04 Å². The molecule has 1 unspecified atom stereocenters. The Hall–Kier alpha value is -1.08. The molecule has 0 aliphatic heterocycles. The highest BCUT2D eigenvalue weighted by Gasteiger charge is 2.04. The Balaban J connectivity index is 3.41. The zero-order valence-electron chi connectivity index (χ0n) is 7.46. The fraction of sp³-hybridized carbons (Fsp3) is 0.750. The first-order valence-electron chi connectivity index (χ1n) is 3.97. The molecule has 12 heavy (non-hydrogen) atoms. The maximum Gasteiger partial charge on any atom is 0.223 e. The molecule has 0 heterocycles. The molecular formula is C8H14N2O2. The van der Waals surface area contributed by atoms with Crippen molar-refractivity contribution in [1.82, 2.24) is 5.32 Å². The third-order valence-corrected chi connectivity index (χ3v) is 1.25. The minimum absolute atomic E-state index is 0.141. The zero-order valence-corrected chi connectivity index (χ0v) is 7.46. The van der Waals surface area contributed by atoms with Gasteiger partial charge in [-0.15, -0.1) is 0 Å². The quantitative estimate of drug-likeness (QED) is 0.609. The molecule has 4 heteroatoms. The molecule has 0 saturated carbocycles. The fourth-order valence-corrected chi connectivity index (χ4v) is 0.655. The molecular weight excluding hydrogens is 156 g/mol. The van der Waals surface area contributed by atoms with Crippen LogP contribution in [0.4, 0.5) is 0 Å². The summed E-state index contributed by atoms with van der Waals surface area (Å²) in [5.41, 5.74) is 0. The van der Waals surface area contributed by atoms with Crippen LogP contribution in [0, 0.1) is 11.3 Å². The number of carbonyl (C=O) groups is 1. The first-order valence-corrected chi connectivity index (χ1v) is 3.97. The lowest BCUT2D eigenvalue weighted by Gasteiger charge is -2.05. The predicted molar refractivity (Wildman–Crippen MR) is 44.3 cm³/mol. The van der Waals surface area contributed by atoms with Crippen molar-refractivity contribution in [3.05, 3.63) is 0 Å². The summed E-state index contributed by atoms with van der Waals surface area (Å²) in [5, 5.41) is 10.9. The van der Waals surface area contributed by atoms with Gasteiger partial charge in [0.25, 0.3) is 0 Å². The number of nitrogens with zero attached hydrogens (tertiary/aromatic N) is 1. The summed E-state index contributed by atoms with van der Waals surface area (Å²) in [6.07, 6.45) is 0.319. The van der Waals surface area contributed by atoms with E-state index in [1.807, 2.05) is 13.0 Å². The van der Waals surface area contributed by atoms with Crippen molar-refractivity contribution in [3.8, 4) is 6.07 Å². The zero-order chi connectivity index (χ0) is 9.40. The lowest BCUT2D eigenvalue weighted by atomic mass is 10.3. The number of nitrogens with one attached hydrogen (secondary N) is 1. The van der Waals surface area contributed by atoms with Crippen molar-refractivity contribution in [3.63, 3.8) is 0 Å². The van der Waals surface area contributed by atoms with Crippen molar-refractivity contribution in [2.24, 2.45) is 0 Å². The van der Waals surface area contributed by atoms with E-state index in [2.05, 4.69) is 5.32 Å². The minimum Gasteiger partial charge on any atom is -0.381 e. The van der Waals surface area contributed by atoms with Crippen molar-refractivity contribution < 1.29 is 9.53 Å². The first kappa shape index (κ1) is 10.9. The Morgan fingerprint density at radius 2 is 2.42 bits per heavy atom. The van der Waals surface area contributed by atoms with Gasteiger partial charge in [-0.25, -0.2) is 0 Å². The normalized spacial score (nSPS) is 11.8. The van der Waals surface area contributed by atoms with Crippen LogP contribution in [0.2, 0.25) is 0 Å². The monoisotopic (exact) mass is 170 g/mol. The van der Waals surface area contributed by atoms with Gasteiger partial charge in [0.1, 0.15) is 6.04 Å². The second kappa shape index (κ2) is 6.62. The van der Waals surface area contributed by atoms with Crippen LogP contribution in [-0.2, 0) is 9.53 Å². The van der Waals surface area contributed by atoms with Crippen LogP contribution in [0.5, 0.6) is 0 Å². The van der Waals surface area contributed by atoms with Gasteiger partial charge in [-0.2, -0.15) is 5.26 Å². The van der Waals surface area contributed by atoms with Crippen LogP contribution in [0.15, 0.2) is 0 Å². The van der Waals surface area contributed by atoms with E-state index >= 15 is 0 Å². The van der Waals surface area contributed by atoms with Crippen molar-refractivity contribution in [1.29, 1.82) is 5.26 Å². The second-order valence-corrected chi connectivity index (χ2v) is 2.37. The molecule has 0 aromatic carbocycles. The highest BCUT2D eigenvalue weighted by atomic mass is 16.5. The lowest BCUT2D eigenvalue weighted by Crippen LogP contribution is -2.31. The van der Waals surface area contributed by atoms with E-state index in [9.17, 15) is 4.79 Å². The standard InChI is InChI=1S/C8H14N2O2/c1-3-12-5-4-8(11)10-7(2)6-9/h7H,3-5H2,1-2H3,(H,10,11). The Bertz CT molecular complexity index is 174. The van der Waals surface area contributed by atoms with Gasteiger partial charge in [-0.05, 0) is 13.8 Å². The largest absolute Gasteiger partial charge is 0.381 e. The molecule has 0 saturated heterocycles. The average Bonchev–Trinajstić information content (AvgIpc) is 2.05. The molecule has 0 spiro atoms. The van der Waals surface area contributed by atoms with Crippen LogP contribution < -0.4 is 5.32 Å². The van der Waals surface area contributed by atoms with E-state index in [0.717, 1.165) is 0 Å². The SMILES string of the molecule is CCOCCC(=O)NC(C)C#N. The van der Waals surface area contributed by atoms with Crippen LogP contribution in [0.25, 0.3) is 0 Å². The molecule has 0 rings (SSSR count). The summed E-state index contributed by atoms with van der Waals surface area (Å²) in [6, 6.07) is 1.50. The Labute approximate surface area is 72.5 Å². The molecule has 68 valence electrons. The predicted octanol–water partition coefficient (Wildman–Crippen LogP) is 0.441. The van der Waals surface area contributed by atoms with Gasteiger partial charge in [-0.1, -0.05) is 0 Å². The maximum absolute atomic E-state index is 10.9. The number of amides is 1. The van der Waals surface area contributed by atoms with Crippen LogP contribution in [0.3, 0.4) is 0 Å². The molecule has 0 aromatic rings. The number of hydrogen-bond donors (Lipinski definition) is 1. The van der Waals surface area contributed by atoms with E-state index in [1.165, 1.54) is 0 Å². The summed E-state index contributed by atoms with van der Waals surface area (Å²) in [4.78, 5) is 10.9. The van der Waals surface area contributed by atoms with Gasteiger partial charge in [0.15, 0.2) is 0 Å². The highest BCUT2D eigenvalue weighted by molar-refractivity contribution is 5.76. The minimum atomic E-state index is -0.417. The molecule has 1 atom stereocenters. The topological polar surface area (TPSA) is 62.1 Å². The van der Waals surface area contributed by atoms with E-state index in [1.54, 1.807) is 6.92 Å². The smallest absolute Gasteiger partial charge is 0.223 e. The summed E-state index contributed by atoms with van der Waals surface area (Å²) in [6.45, 7) is 4.54. The lowest BCUT2D eigenvalue weighted by molar-refractivity contribution is -0.122. The van der Waals surface area contributed by atoms with Gasteiger partial charge in [0.05, 0.1) is 12.7 Å². The number of nitriles is 1. The number of ether oxygens (including phenoxy) is 1. The van der Waals surface area contributed by atoms with Crippen LogP contribution in [0.1, 0.15) is 20.3 Å². The van der Waals surface area contributed by atoms with Crippen molar-refractivity contribution >= 4 is 5.91 Å². The molecule has 0 fully saturated rings. The second-order valence-electron chi connectivity index (χ2n) is 2.37. The molecule has 0 bridgehead atoms. The van der Waals surface area contributed by atoms with Gasteiger partial charge >= 0.3 is 0 Å². The Morgan fingerprint density at radius 3 is 2.92 bits per heavy atom. The maximum atomic E-state index is 10.9. The van der Waals surface area contributed by atoms with Crippen molar-refractivity contribution in [2.45, 2.75) is 26.3 Å².